The normalized spacial score (nSPS) is 31.7. The van der Waals surface area contributed by atoms with Crippen molar-refractivity contribution in [2.45, 2.75) is 57.4 Å². The van der Waals surface area contributed by atoms with E-state index < -0.39 is 0 Å². The average Bonchev–Trinajstić information content (AvgIpc) is 2.72. The van der Waals surface area contributed by atoms with Crippen molar-refractivity contribution >= 4 is 35.8 Å². The lowest BCUT2D eigenvalue weighted by Gasteiger charge is -2.56. The second-order valence-electron chi connectivity index (χ2n) is 10.3. The Hall–Kier alpha value is -1.30. The zero-order valence-corrected chi connectivity index (χ0v) is 19.5. The Labute approximate surface area is 195 Å². The van der Waals surface area contributed by atoms with Gasteiger partial charge in [-0.3, -0.25) is 9.59 Å². The van der Waals surface area contributed by atoms with Gasteiger partial charge in [-0.15, -0.1) is 12.4 Å². The number of rotatable bonds is 5. The molecule has 1 aromatic carbocycles. The van der Waals surface area contributed by atoms with Gasteiger partial charge in [-0.1, -0.05) is 11.6 Å². The third-order valence-corrected chi connectivity index (χ3v) is 8.27. The average molecular weight is 466 g/mol. The predicted molar refractivity (Wildman–Crippen MR) is 125 cm³/mol. The molecule has 1 heterocycles. The maximum absolute atomic E-state index is 13.0. The first kappa shape index (κ1) is 22.9. The Morgan fingerprint density at radius 3 is 2.23 bits per heavy atom. The van der Waals surface area contributed by atoms with Crippen LogP contribution in [0.25, 0.3) is 0 Å². The van der Waals surface area contributed by atoms with Gasteiger partial charge in [0.05, 0.1) is 10.6 Å². The highest BCUT2D eigenvalue weighted by Crippen LogP contribution is 2.59. The lowest BCUT2D eigenvalue weighted by atomic mass is 9.49. The summed E-state index contributed by atoms with van der Waals surface area (Å²) in [5.41, 5.74) is 1.18. The van der Waals surface area contributed by atoms with E-state index in [4.69, 9.17) is 11.6 Å². The number of carbonyl (C=O) groups is 2. The van der Waals surface area contributed by atoms with Crippen LogP contribution in [0.4, 0.5) is 0 Å². The third-order valence-electron chi connectivity index (χ3n) is 7.94. The van der Waals surface area contributed by atoms with Crippen LogP contribution in [-0.2, 0) is 0 Å². The molecule has 170 valence electrons. The molecular formula is C24H33Cl2N3O2. The largest absolute Gasteiger partial charge is 0.351 e. The van der Waals surface area contributed by atoms with Crippen LogP contribution in [0, 0.1) is 23.2 Å². The molecule has 0 aromatic heterocycles. The molecule has 6 rings (SSSR count). The summed E-state index contributed by atoms with van der Waals surface area (Å²) in [5.74, 6) is 2.29. The lowest BCUT2D eigenvalue weighted by molar-refractivity contribution is -0.0503. The Morgan fingerprint density at radius 1 is 1.00 bits per heavy atom. The topological polar surface area (TPSA) is 70.2 Å². The molecule has 4 saturated carbocycles. The van der Waals surface area contributed by atoms with Crippen LogP contribution in [-0.4, -0.2) is 37.5 Å². The van der Waals surface area contributed by atoms with Crippen LogP contribution < -0.4 is 16.0 Å². The molecule has 4 bridgehead atoms. The molecule has 5 nitrogen and oxygen atoms in total. The van der Waals surface area contributed by atoms with Crippen molar-refractivity contribution in [3.05, 3.63) is 34.3 Å². The summed E-state index contributed by atoms with van der Waals surface area (Å²) in [6.07, 6.45) is 9.81. The van der Waals surface area contributed by atoms with Gasteiger partial charge < -0.3 is 16.0 Å². The molecular weight excluding hydrogens is 433 g/mol. The van der Waals surface area contributed by atoms with Crippen molar-refractivity contribution < 1.29 is 9.59 Å². The van der Waals surface area contributed by atoms with Crippen LogP contribution in [0.5, 0.6) is 0 Å². The molecule has 5 fully saturated rings. The molecule has 1 aromatic rings. The first-order valence-electron chi connectivity index (χ1n) is 11.6. The molecule has 0 unspecified atom stereocenters. The minimum Gasteiger partial charge on any atom is -0.351 e. The summed E-state index contributed by atoms with van der Waals surface area (Å²) in [5, 5.41) is 9.97. The Morgan fingerprint density at radius 2 is 1.61 bits per heavy atom. The molecule has 2 amide bonds. The van der Waals surface area contributed by atoms with Gasteiger partial charge >= 0.3 is 0 Å². The van der Waals surface area contributed by atoms with Crippen LogP contribution >= 0.6 is 24.0 Å². The summed E-state index contributed by atoms with van der Waals surface area (Å²) < 4.78 is 0. The van der Waals surface area contributed by atoms with Gasteiger partial charge in [0.1, 0.15) is 0 Å². The van der Waals surface area contributed by atoms with Gasteiger partial charge in [-0.2, -0.15) is 0 Å². The summed E-state index contributed by atoms with van der Waals surface area (Å²) in [4.78, 5) is 25.7. The zero-order valence-electron chi connectivity index (χ0n) is 17.9. The van der Waals surface area contributed by atoms with Gasteiger partial charge in [-0.25, -0.2) is 0 Å². The molecule has 1 aliphatic heterocycles. The van der Waals surface area contributed by atoms with Gasteiger partial charge in [0.2, 0.25) is 0 Å². The highest BCUT2D eigenvalue weighted by molar-refractivity contribution is 6.34. The molecule has 0 spiro atoms. The summed E-state index contributed by atoms with van der Waals surface area (Å²) in [6, 6.07) is 5.20. The second kappa shape index (κ2) is 9.29. The summed E-state index contributed by atoms with van der Waals surface area (Å²) >= 11 is 6.34. The van der Waals surface area contributed by atoms with Gasteiger partial charge in [0.25, 0.3) is 11.8 Å². The lowest BCUT2D eigenvalue weighted by Crippen LogP contribution is -2.51. The Bertz CT molecular complexity index is 803. The minimum atomic E-state index is -0.160. The highest BCUT2D eigenvalue weighted by Gasteiger charge is 2.50. The fraction of sp³-hybridized carbons (Fsp3) is 0.667. The molecule has 4 aliphatic carbocycles. The fourth-order valence-electron chi connectivity index (χ4n) is 6.95. The maximum Gasteiger partial charge on any atom is 0.252 e. The molecule has 7 heteroatoms. The van der Waals surface area contributed by atoms with Crippen LogP contribution in [0.3, 0.4) is 0 Å². The van der Waals surface area contributed by atoms with E-state index in [9.17, 15) is 9.59 Å². The van der Waals surface area contributed by atoms with E-state index >= 15 is 0 Å². The first-order valence-corrected chi connectivity index (χ1v) is 12.0. The Balaban J connectivity index is 0.00000231. The zero-order chi connectivity index (χ0) is 20.7. The molecule has 31 heavy (non-hydrogen) atoms. The van der Waals surface area contributed by atoms with E-state index in [2.05, 4.69) is 16.0 Å². The molecule has 5 aliphatic rings. The van der Waals surface area contributed by atoms with Crippen LogP contribution in [0.2, 0.25) is 5.02 Å². The van der Waals surface area contributed by atoms with Crippen molar-refractivity contribution in [3.63, 3.8) is 0 Å². The van der Waals surface area contributed by atoms with E-state index in [-0.39, 0.29) is 35.7 Å². The first-order chi connectivity index (χ1) is 14.5. The van der Waals surface area contributed by atoms with Crippen molar-refractivity contribution in [2.24, 2.45) is 23.2 Å². The quantitative estimate of drug-likeness (QED) is 0.610. The second-order valence-corrected chi connectivity index (χ2v) is 10.7. The van der Waals surface area contributed by atoms with Gasteiger partial charge in [0, 0.05) is 18.2 Å². The molecule has 0 radical (unpaired) electrons. The summed E-state index contributed by atoms with van der Waals surface area (Å²) in [6.45, 7) is 2.57. The minimum absolute atomic E-state index is 0. The van der Waals surface area contributed by atoms with Crippen molar-refractivity contribution in [1.29, 1.82) is 0 Å². The monoisotopic (exact) mass is 465 g/mol. The van der Waals surface area contributed by atoms with Crippen LogP contribution in [0.15, 0.2) is 18.2 Å². The third kappa shape index (κ3) is 4.89. The standard InChI is InChI=1S/C24H32ClN3O2.ClH/c25-21-2-1-18(22(29)28-19-3-5-26-6-4-19)10-20(21)23(30)27-14-24-11-15-7-16(12-24)9-17(8-15)13-24;/h1-2,10,15-17,19,26H,3-9,11-14H2,(H,27,30)(H,28,29);1H. The number of benzene rings is 1. The SMILES string of the molecule is Cl.O=C(NC1CCNCC1)c1ccc(Cl)c(C(=O)NCC23CC4CC(CC(C4)C2)C3)c1. The number of amides is 2. The molecule has 0 atom stereocenters. The van der Waals surface area contributed by atoms with E-state index in [0.717, 1.165) is 50.2 Å². The van der Waals surface area contributed by atoms with E-state index in [0.29, 0.717) is 16.1 Å². The van der Waals surface area contributed by atoms with E-state index in [1.165, 1.54) is 38.5 Å². The maximum atomic E-state index is 13.0. The highest BCUT2D eigenvalue weighted by atomic mass is 35.5. The Kier molecular flexibility index (Phi) is 6.85. The fourth-order valence-corrected chi connectivity index (χ4v) is 7.15. The van der Waals surface area contributed by atoms with E-state index in [1.54, 1.807) is 18.2 Å². The molecule has 3 N–H and O–H groups in total. The number of hydrogen-bond acceptors (Lipinski definition) is 3. The van der Waals surface area contributed by atoms with E-state index in [1.807, 2.05) is 0 Å². The molecule has 1 saturated heterocycles. The smallest absolute Gasteiger partial charge is 0.252 e. The van der Waals surface area contributed by atoms with Crippen molar-refractivity contribution in [1.82, 2.24) is 16.0 Å². The number of nitrogens with one attached hydrogen (secondary N) is 3. The number of carbonyl (C=O) groups excluding carboxylic acids is 2. The number of halogens is 2. The van der Waals surface area contributed by atoms with Gasteiger partial charge in [0.15, 0.2) is 0 Å². The number of hydrogen-bond donors (Lipinski definition) is 3. The van der Waals surface area contributed by atoms with Gasteiger partial charge in [-0.05, 0) is 106 Å². The number of piperidine rings is 1. The summed E-state index contributed by atoms with van der Waals surface area (Å²) in [7, 11) is 0. The predicted octanol–water partition coefficient (Wildman–Crippen LogP) is 4.19. The van der Waals surface area contributed by atoms with Crippen LogP contribution in [0.1, 0.15) is 72.1 Å². The van der Waals surface area contributed by atoms with Crippen molar-refractivity contribution in [3.8, 4) is 0 Å². The van der Waals surface area contributed by atoms with Crippen molar-refractivity contribution in [2.75, 3.05) is 19.6 Å².